The van der Waals surface area contributed by atoms with Crippen molar-refractivity contribution >= 4 is 29.5 Å². The van der Waals surface area contributed by atoms with Gasteiger partial charge in [-0.1, -0.05) is 12.1 Å². The van der Waals surface area contributed by atoms with Crippen LogP contribution in [0.5, 0.6) is 0 Å². The van der Waals surface area contributed by atoms with Gasteiger partial charge in [0.2, 0.25) is 17.4 Å². The second-order valence-corrected chi connectivity index (χ2v) is 11.9. The van der Waals surface area contributed by atoms with E-state index in [0.29, 0.717) is 55.8 Å². The van der Waals surface area contributed by atoms with E-state index in [0.717, 1.165) is 34.4 Å². The highest BCUT2D eigenvalue weighted by atomic mass is 19.1. The summed E-state index contributed by atoms with van der Waals surface area (Å²) in [6.45, 7) is -0.0829. The molecule has 1 spiro atoms. The Morgan fingerprint density at radius 3 is 2.55 bits per heavy atom. The highest BCUT2D eigenvalue weighted by molar-refractivity contribution is 6.06. The first-order valence-electron chi connectivity index (χ1n) is 14.0. The number of nitrogens with two attached hydrogens (primary N) is 1. The number of halogens is 1. The largest absolute Gasteiger partial charge is 0.427 e. The minimum absolute atomic E-state index is 0.0187. The van der Waals surface area contributed by atoms with Gasteiger partial charge in [0, 0.05) is 30.3 Å². The Kier molecular flexibility index (Phi) is 5.58. The highest BCUT2D eigenvalue weighted by Gasteiger charge is 2.58. The number of benzene rings is 2. The number of nitrogens with one attached hydrogen (secondary N) is 1. The van der Waals surface area contributed by atoms with E-state index in [4.69, 9.17) is 10.5 Å². The van der Waals surface area contributed by atoms with Gasteiger partial charge in [-0.05, 0) is 91.8 Å². The van der Waals surface area contributed by atoms with Gasteiger partial charge in [-0.15, -0.1) is 0 Å². The van der Waals surface area contributed by atoms with Crippen molar-refractivity contribution in [1.82, 2.24) is 9.80 Å². The summed E-state index contributed by atoms with van der Waals surface area (Å²) in [6.07, 6.45) is 4.66. The number of anilines is 1. The summed E-state index contributed by atoms with van der Waals surface area (Å²) in [5.74, 6) is -1.01. The van der Waals surface area contributed by atoms with Crippen LogP contribution in [-0.4, -0.2) is 51.7 Å². The molecule has 0 aromatic heterocycles. The maximum absolute atomic E-state index is 13.9. The third kappa shape index (κ3) is 4.08. The lowest BCUT2D eigenvalue weighted by molar-refractivity contribution is -0.143. The SMILES string of the molecule is NC1(C(=O)Nc2ccc3c(c2)CC[C@]32OC(=O)N(CC(=O)N3Cc4ccc(F)cc4CC[C@@H]3C3CC3)C2=O)CC1. The lowest BCUT2D eigenvalue weighted by Gasteiger charge is -2.31. The highest BCUT2D eigenvalue weighted by Crippen LogP contribution is 2.46. The molecule has 1 saturated heterocycles. The first kappa shape index (κ1) is 25.2. The fourth-order valence-corrected chi connectivity index (χ4v) is 6.56. The zero-order chi connectivity index (χ0) is 27.8. The smallest absolute Gasteiger partial charge is 0.418 e. The van der Waals surface area contributed by atoms with Crippen molar-refractivity contribution in [2.45, 2.75) is 75.1 Å². The van der Waals surface area contributed by atoms with Gasteiger partial charge in [-0.2, -0.15) is 0 Å². The van der Waals surface area contributed by atoms with Crippen LogP contribution in [0.4, 0.5) is 14.9 Å². The molecule has 208 valence electrons. The van der Waals surface area contributed by atoms with Crippen LogP contribution in [0.2, 0.25) is 0 Å². The maximum atomic E-state index is 13.9. The second-order valence-electron chi connectivity index (χ2n) is 11.9. The van der Waals surface area contributed by atoms with Gasteiger partial charge in [-0.25, -0.2) is 14.1 Å². The molecule has 2 atom stereocenters. The van der Waals surface area contributed by atoms with Gasteiger partial charge in [0.1, 0.15) is 12.4 Å². The topological polar surface area (TPSA) is 122 Å². The molecule has 0 radical (unpaired) electrons. The zero-order valence-corrected chi connectivity index (χ0v) is 22.1. The van der Waals surface area contributed by atoms with E-state index in [1.165, 1.54) is 12.1 Å². The summed E-state index contributed by atoms with van der Waals surface area (Å²) < 4.78 is 19.6. The summed E-state index contributed by atoms with van der Waals surface area (Å²) in [6, 6.07) is 9.82. The van der Waals surface area contributed by atoms with Crippen molar-refractivity contribution in [2.24, 2.45) is 11.7 Å². The molecule has 2 aromatic rings. The van der Waals surface area contributed by atoms with Gasteiger partial charge in [0.25, 0.3) is 5.91 Å². The average molecular weight is 547 g/mol. The Morgan fingerprint density at radius 1 is 1.00 bits per heavy atom. The standard InChI is InChI=1S/C30H31FN4O5/c31-21-5-3-20-15-34(24(17-1-2-17)8-4-18(20)13-21)25(36)16-35-27(38)30(40-28(35)39)10-9-19-14-22(6-7-23(19)30)33-26(37)29(32)11-12-29/h3,5-7,13-14,17,24H,1-2,4,8-12,15-16,32H2,(H,33,37)/t24-,30+/m1/s1. The molecular weight excluding hydrogens is 515 g/mol. The van der Waals surface area contributed by atoms with E-state index in [-0.39, 0.29) is 30.1 Å². The quantitative estimate of drug-likeness (QED) is 0.594. The minimum atomic E-state index is -1.47. The molecule has 2 heterocycles. The summed E-state index contributed by atoms with van der Waals surface area (Å²) >= 11 is 0. The van der Waals surface area contributed by atoms with E-state index in [9.17, 15) is 23.6 Å². The molecule has 3 fully saturated rings. The molecular formula is C30H31FN4O5. The fourth-order valence-electron chi connectivity index (χ4n) is 6.56. The number of amides is 4. The fraction of sp³-hybridized carbons (Fsp3) is 0.467. The molecule has 2 aliphatic heterocycles. The van der Waals surface area contributed by atoms with Crippen LogP contribution >= 0.6 is 0 Å². The number of carbonyl (C=O) groups is 4. The number of rotatable bonds is 5. The van der Waals surface area contributed by atoms with Crippen LogP contribution in [-0.2, 0) is 44.1 Å². The predicted molar refractivity (Wildman–Crippen MR) is 141 cm³/mol. The van der Waals surface area contributed by atoms with Crippen LogP contribution in [0.1, 0.15) is 60.8 Å². The first-order valence-corrected chi connectivity index (χ1v) is 14.0. The molecule has 2 aromatic carbocycles. The molecule has 4 amide bonds. The Labute approximate surface area is 230 Å². The number of carbonyl (C=O) groups excluding carboxylic acids is 4. The average Bonchev–Trinajstić information content (AvgIpc) is 3.85. The zero-order valence-electron chi connectivity index (χ0n) is 22.1. The third-order valence-corrected chi connectivity index (χ3v) is 9.26. The van der Waals surface area contributed by atoms with Gasteiger partial charge in [0.15, 0.2) is 0 Å². The van der Waals surface area contributed by atoms with Gasteiger partial charge >= 0.3 is 6.09 Å². The molecule has 7 rings (SSSR count). The monoisotopic (exact) mass is 546 g/mol. The number of nitrogens with zero attached hydrogens (tertiary/aromatic N) is 2. The van der Waals surface area contributed by atoms with Gasteiger partial charge in [0.05, 0.1) is 5.54 Å². The van der Waals surface area contributed by atoms with E-state index in [2.05, 4.69) is 5.32 Å². The van der Waals surface area contributed by atoms with Crippen molar-refractivity contribution in [3.63, 3.8) is 0 Å². The molecule has 9 nitrogen and oxygen atoms in total. The van der Waals surface area contributed by atoms with Crippen LogP contribution in [0.25, 0.3) is 0 Å². The normalized spacial score (nSPS) is 26.3. The lowest BCUT2D eigenvalue weighted by Crippen LogP contribution is -2.48. The van der Waals surface area contributed by atoms with E-state index >= 15 is 0 Å². The predicted octanol–water partition coefficient (Wildman–Crippen LogP) is 3.13. The van der Waals surface area contributed by atoms with Crippen molar-refractivity contribution in [3.8, 4) is 0 Å². The Hall–Kier alpha value is -3.79. The number of fused-ring (bicyclic) bond motifs is 3. The van der Waals surface area contributed by atoms with Gasteiger partial charge < -0.3 is 20.7 Å². The molecule has 2 saturated carbocycles. The number of hydrogen-bond acceptors (Lipinski definition) is 6. The first-order chi connectivity index (χ1) is 19.2. The maximum Gasteiger partial charge on any atom is 0.418 e. The summed E-state index contributed by atoms with van der Waals surface area (Å²) in [4.78, 5) is 55.5. The molecule has 3 aliphatic carbocycles. The Balaban J connectivity index is 1.10. The van der Waals surface area contributed by atoms with Crippen LogP contribution in [0.3, 0.4) is 0 Å². The number of hydrogen-bond donors (Lipinski definition) is 2. The van der Waals surface area contributed by atoms with E-state index in [1.54, 1.807) is 29.2 Å². The molecule has 0 unspecified atom stereocenters. The number of ether oxygens (including phenoxy) is 1. The minimum Gasteiger partial charge on any atom is -0.427 e. The van der Waals surface area contributed by atoms with Crippen molar-refractivity contribution in [3.05, 3.63) is 64.5 Å². The van der Waals surface area contributed by atoms with Crippen LogP contribution in [0, 0.1) is 11.7 Å². The Bertz CT molecular complexity index is 1470. The van der Waals surface area contributed by atoms with E-state index < -0.39 is 29.7 Å². The molecule has 40 heavy (non-hydrogen) atoms. The van der Waals surface area contributed by atoms with Crippen molar-refractivity contribution in [1.29, 1.82) is 0 Å². The van der Waals surface area contributed by atoms with Crippen molar-refractivity contribution < 1.29 is 28.3 Å². The molecule has 5 aliphatic rings. The summed E-state index contributed by atoms with van der Waals surface area (Å²) in [5.41, 5.74) is 7.45. The Morgan fingerprint density at radius 2 is 1.80 bits per heavy atom. The molecule has 3 N–H and O–H groups in total. The second kappa shape index (κ2) is 8.86. The molecule has 0 bridgehead atoms. The number of imide groups is 1. The van der Waals surface area contributed by atoms with Crippen LogP contribution in [0.15, 0.2) is 36.4 Å². The van der Waals surface area contributed by atoms with Gasteiger partial charge in [-0.3, -0.25) is 14.4 Å². The summed E-state index contributed by atoms with van der Waals surface area (Å²) in [5, 5.41) is 2.84. The lowest BCUT2D eigenvalue weighted by atomic mass is 9.94. The van der Waals surface area contributed by atoms with E-state index in [1.807, 2.05) is 0 Å². The van der Waals surface area contributed by atoms with Crippen molar-refractivity contribution in [2.75, 3.05) is 11.9 Å². The number of aryl methyl sites for hydroxylation is 2. The van der Waals surface area contributed by atoms with Crippen LogP contribution < -0.4 is 11.1 Å². The third-order valence-electron chi connectivity index (χ3n) is 9.26. The summed E-state index contributed by atoms with van der Waals surface area (Å²) in [7, 11) is 0. The molecule has 10 heteroatoms.